The van der Waals surface area contributed by atoms with Crippen LogP contribution < -0.4 is 0 Å². The fourth-order valence-corrected chi connectivity index (χ4v) is 2.93. The molecule has 5 heteroatoms. The topological polar surface area (TPSA) is 38.0 Å². The molecule has 2 aromatic heterocycles. The van der Waals surface area contributed by atoms with Gasteiger partial charge in [-0.15, -0.1) is 11.3 Å². The molecule has 0 amide bonds. The predicted molar refractivity (Wildman–Crippen MR) is 63.9 cm³/mol. The van der Waals surface area contributed by atoms with Crippen LogP contribution in [0.15, 0.2) is 28.3 Å². The van der Waals surface area contributed by atoms with E-state index in [9.17, 15) is 5.11 Å². The third-order valence-corrected chi connectivity index (χ3v) is 4.13. The van der Waals surface area contributed by atoms with Crippen molar-refractivity contribution in [2.75, 3.05) is 0 Å². The lowest BCUT2D eigenvalue weighted by Crippen LogP contribution is -1.99. The molecule has 15 heavy (non-hydrogen) atoms. The van der Waals surface area contributed by atoms with E-state index < -0.39 is 6.10 Å². The fraction of sp³-hybridized carbons (Fsp3) is 0.300. The fourth-order valence-electron chi connectivity index (χ4n) is 1.38. The van der Waals surface area contributed by atoms with Gasteiger partial charge in [0.15, 0.2) is 0 Å². The van der Waals surface area contributed by atoms with E-state index in [1.807, 2.05) is 24.7 Å². The minimum Gasteiger partial charge on any atom is -0.388 e. The second-order valence-corrected chi connectivity index (χ2v) is 5.21. The van der Waals surface area contributed by atoms with Crippen molar-refractivity contribution in [2.24, 2.45) is 7.05 Å². The minimum absolute atomic E-state index is 0.478. The van der Waals surface area contributed by atoms with Gasteiger partial charge in [0, 0.05) is 34.6 Å². The molecule has 0 aliphatic rings. The van der Waals surface area contributed by atoms with Gasteiger partial charge in [-0.25, -0.2) is 0 Å². The molecule has 0 spiro atoms. The predicted octanol–water partition coefficient (Wildman–Crippen LogP) is 2.52. The Hall–Kier alpha value is -0.650. The van der Waals surface area contributed by atoms with Gasteiger partial charge in [0.2, 0.25) is 0 Å². The van der Waals surface area contributed by atoms with E-state index in [0.29, 0.717) is 6.42 Å². The lowest BCUT2D eigenvalue weighted by molar-refractivity contribution is 0.179. The monoisotopic (exact) mass is 286 g/mol. The van der Waals surface area contributed by atoms with Crippen LogP contribution in [0.2, 0.25) is 0 Å². The molecule has 0 saturated heterocycles. The molecule has 0 aliphatic carbocycles. The molecular weight excluding hydrogens is 276 g/mol. The van der Waals surface area contributed by atoms with E-state index in [4.69, 9.17) is 0 Å². The van der Waals surface area contributed by atoms with Crippen molar-refractivity contribution in [3.63, 3.8) is 0 Å². The zero-order valence-electron chi connectivity index (χ0n) is 8.22. The molecule has 2 aromatic rings. The highest BCUT2D eigenvalue weighted by molar-refractivity contribution is 9.10. The molecule has 2 rings (SSSR count). The molecule has 0 aliphatic heterocycles. The Morgan fingerprint density at radius 1 is 1.67 bits per heavy atom. The Kier molecular flexibility index (Phi) is 3.23. The van der Waals surface area contributed by atoms with Gasteiger partial charge >= 0.3 is 0 Å². The number of aliphatic hydroxyl groups is 1. The van der Waals surface area contributed by atoms with Crippen LogP contribution in [0.5, 0.6) is 0 Å². The van der Waals surface area contributed by atoms with Crippen LogP contribution in [0.3, 0.4) is 0 Å². The van der Waals surface area contributed by atoms with Gasteiger partial charge < -0.3 is 5.11 Å². The first-order chi connectivity index (χ1) is 7.16. The van der Waals surface area contributed by atoms with Crippen molar-refractivity contribution >= 4 is 27.3 Å². The summed E-state index contributed by atoms with van der Waals surface area (Å²) in [5, 5.41) is 16.0. The molecule has 0 aromatic carbocycles. The molecular formula is C10H11BrN2OS. The Bertz CT molecular complexity index is 452. The maximum atomic E-state index is 9.96. The summed E-state index contributed by atoms with van der Waals surface area (Å²) < 4.78 is 2.76. The van der Waals surface area contributed by atoms with Gasteiger partial charge in [-0.1, -0.05) is 0 Å². The van der Waals surface area contributed by atoms with Crippen LogP contribution in [-0.4, -0.2) is 14.9 Å². The number of halogens is 1. The highest BCUT2D eigenvalue weighted by atomic mass is 79.9. The second kappa shape index (κ2) is 4.47. The summed E-state index contributed by atoms with van der Waals surface area (Å²) in [4.78, 5) is 1.16. The van der Waals surface area contributed by atoms with Crippen LogP contribution in [-0.2, 0) is 13.5 Å². The molecule has 0 saturated carbocycles. The Labute approximate surface area is 100 Å². The number of rotatable bonds is 3. The van der Waals surface area contributed by atoms with E-state index in [1.165, 1.54) is 0 Å². The first-order valence-electron chi connectivity index (χ1n) is 4.55. The van der Waals surface area contributed by atoms with Crippen molar-refractivity contribution in [1.29, 1.82) is 0 Å². The van der Waals surface area contributed by atoms with Crippen molar-refractivity contribution in [3.8, 4) is 0 Å². The molecule has 1 unspecified atom stereocenters. The van der Waals surface area contributed by atoms with Gasteiger partial charge in [-0.2, -0.15) is 5.10 Å². The summed E-state index contributed by atoms with van der Waals surface area (Å²) in [6.45, 7) is 0. The Morgan fingerprint density at radius 2 is 2.47 bits per heavy atom. The van der Waals surface area contributed by atoms with Crippen LogP contribution in [0.25, 0.3) is 0 Å². The summed E-state index contributed by atoms with van der Waals surface area (Å²) in [5.74, 6) is 0. The van der Waals surface area contributed by atoms with Gasteiger partial charge in [0.1, 0.15) is 0 Å². The molecule has 0 bridgehead atoms. The van der Waals surface area contributed by atoms with Gasteiger partial charge in [0.05, 0.1) is 12.3 Å². The van der Waals surface area contributed by atoms with E-state index in [2.05, 4.69) is 21.0 Å². The smallest absolute Gasteiger partial charge is 0.0869 e. The zero-order valence-corrected chi connectivity index (χ0v) is 10.6. The van der Waals surface area contributed by atoms with Crippen LogP contribution in [0.4, 0.5) is 0 Å². The van der Waals surface area contributed by atoms with Crippen molar-refractivity contribution in [3.05, 3.63) is 38.8 Å². The third kappa shape index (κ3) is 2.48. The second-order valence-electron chi connectivity index (χ2n) is 3.36. The SMILES string of the molecule is Cn1cc(C(O)Cc2sccc2Br)cn1. The van der Waals surface area contributed by atoms with E-state index >= 15 is 0 Å². The molecule has 3 nitrogen and oxygen atoms in total. The summed E-state index contributed by atoms with van der Waals surface area (Å²) in [6, 6.07) is 2.00. The number of aliphatic hydroxyl groups excluding tert-OH is 1. The zero-order chi connectivity index (χ0) is 10.8. The van der Waals surface area contributed by atoms with E-state index in [-0.39, 0.29) is 0 Å². The van der Waals surface area contributed by atoms with Gasteiger partial charge in [-0.05, 0) is 27.4 Å². The maximum absolute atomic E-state index is 9.96. The summed E-state index contributed by atoms with van der Waals surface area (Å²) in [6.07, 6.45) is 3.69. The largest absolute Gasteiger partial charge is 0.388 e. The number of aromatic nitrogens is 2. The Morgan fingerprint density at radius 3 is 3.00 bits per heavy atom. The summed E-state index contributed by atoms with van der Waals surface area (Å²) >= 11 is 5.10. The van der Waals surface area contributed by atoms with Crippen molar-refractivity contribution in [1.82, 2.24) is 9.78 Å². The highest BCUT2D eigenvalue weighted by Gasteiger charge is 2.12. The molecule has 0 fully saturated rings. The normalized spacial score (nSPS) is 13.0. The lowest BCUT2D eigenvalue weighted by atomic mass is 10.1. The first kappa shape index (κ1) is 10.9. The van der Waals surface area contributed by atoms with Crippen LogP contribution in [0.1, 0.15) is 16.5 Å². The number of hydrogen-bond acceptors (Lipinski definition) is 3. The maximum Gasteiger partial charge on any atom is 0.0869 e. The number of thiophene rings is 1. The number of aryl methyl sites for hydroxylation is 1. The number of nitrogens with zero attached hydrogens (tertiary/aromatic N) is 2. The van der Waals surface area contributed by atoms with Crippen LogP contribution >= 0.6 is 27.3 Å². The molecule has 1 atom stereocenters. The molecule has 0 radical (unpaired) electrons. The standard InChI is InChI=1S/C10H11BrN2OS/c1-13-6-7(5-12-13)9(14)4-10-8(11)2-3-15-10/h2-3,5-6,9,14H,4H2,1H3. The Balaban J connectivity index is 2.10. The van der Waals surface area contributed by atoms with E-state index in [0.717, 1.165) is 14.9 Å². The molecule has 80 valence electrons. The average Bonchev–Trinajstić information content (AvgIpc) is 2.77. The molecule has 1 N–H and O–H groups in total. The van der Waals surface area contributed by atoms with Crippen LogP contribution in [0, 0.1) is 0 Å². The third-order valence-electron chi connectivity index (χ3n) is 2.18. The van der Waals surface area contributed by atoms with Crippen molar-refractivity contribution < 1.29 is 5.11 Å². The van der Waals surface area contributed by atoms with Gasteiger partial charge in [0.25, 0.3) is 0 Å². The highest BCUT2D eigenvalue weighted by Crippen LogP contribution is 2.27. The molecule has 2 heterocycles. The summed E-state index contributed by atoms with van der Waals surface area (Å²) in [5.41, 5.74) is 0.859. The number of hydrogen-bond donors (Lipinski definition) is 1. The quantitative estimate of drug-likeness (QED) is 0.942. The summed E-state index contributed by atoms with van der Waals surface area (Å²) in [7, 11) is 1.84. The first-order valence-corrected chi connectivity index (χ1v) is 6.22. The van der Waals surface area contributed by atoms with Gasteiger partial charge in [-0.3, -0.25) is 4.68 Å². The van der Waals surface area contributed by atoms with Crippen molar-refractivity contribution in [2.45, 2.75) is 12.5 Å². The minimum atomic E-state index is -0.478. The van der Waals surface area contributed by atoms with E-state index in [1.54, 1.807) is 22.2 Å². The lowest BCUT2D eigenvalue weighted by Gasteiger charge is -2.06. The average molecular weight is 287 g/mol.